The molecule has 1 heterocycles. The summed E-state index contributed by atoms with van der Waals surface area (Å²) in [5, 5.41) is 0. The lowest BCUT2D eigenvalue weighted by molar-refractivity contribution is -0.146. The second-order valence-electron chi connectivity index (χ2n) is 3.06. The van der Waals surface area contributed by atoms with E-state index in [9.17, 15) is 9.59 Å². The molecule has 1 rings (SSSR count). The summed E-state index contributed by atoms with van der Waals surface area (Å²) < 4.78 is 4.47. The Balaban J connectivity index is 2.59. The second-order valence-corrected chi connectivity index (χ2v) is 3.06. The van der Waals surface area contributed by atoms with Crippen molar-refractivity contribution in [3.8, 4) is 0 Å². The summed E-state index contributed by atoms with van der Waals surface area (Å²) in [5.41, 5.74) is 0. The number of methoxy groups -OCH3 is 1. The predicted octanol–water partition coefficient (Wildman–Crippen LogP) is 0.541. The summed E-state index contributed by atoms with van der Waals surface area (Å²) in [7, 11) is 1.31. The van der Waals surface area contributed by atoms with Gasteiger partial charge in [0, 0.05) is 12.1 Å². The fourth-order valence-corrected chi connectivity index (χ4v) is 1.18. The third-order valence-electron chi connectivity index (χ3n) is 2.01. The summed E-state index contributed by atoms with van der Waals surface area (Å²) >= 11 is 0. The van der Waals surface area contributed by atoms with Crippen molar-refractivity contribution in [2.45, 2.75) is 13.3 Å². The summed E-state index contributed by atoms with van der Waals surface area (Å²) in [4.78, 5) is 23.7. The van der Waals surface area contributed by atoms with Crippen LogP contribution in [0.3, 0.4) is 0 Å². The Hall–Kier alpha value is -1.32. The van der Waals surface area contributed by atoms with Gasteiger partial charge in [0.2, 0.25) is 5.91 Å². The van der Waals surface area contributed by atoms with Crippen LogP contribution in [0, 0.1) is 5.92 Å². The van der Waals surface area contributed by atoms with E-state index in [1.54, 1.807) is 6.20 Å². The van der Waals surface area contributed by atoms with Crippen molar-refractivity contribution in [2.24, 2.45) is 5.92 Å². The zero-order chi connectivity index (χ0) is 9.84. The Morgan fingerprint density at radius 2 is 2.46 bits per heavy atom. The summed E-state index contributed by atoms with van der Waals surface area (Å²) in [5.74, 6) is -0.449. The molecule has 4 heteroatoms. The average molecular weight is 183 g/mol. The highest BCUT2D eigenvalue weighted by Gasteiger charge is 2.23. The minimum Gasteiger partial charge on any atom is -0.468 e. The summed E-state index contributed by atoms with van der Waals surface area (Å²) in [6.07, 6.45) is 4.27. The van der Waals surface area contributed by atoms with Crippen LogP contribution in [0.2, 0.25) is 0 Å². The number of esters is 1. The Labute approximate surface area is 77.2 Å². The minimum atomic E-state index is -0.396. The molecule has 1 aliphatic heterocycles. The maximum Gasteiger partial charge on any atom is 0.325 e. The van der Waals surface area contributed by atoms with E-state index in [1.807, 2.05) is 13.0 Å². The Kier molecular flexibility index (Phi) is 3.06. The standard InChI is InChI=1S/C9H13NO3/c1-7-4-3-5-10(9(7)12)6-8(11)13-2/h3,5,7H,4,6H2,1-2H3. The number of hydrogen-bond acceptors (Lipinski definition) is 3. The quantitative estimate of drug-likeness (QED) is 0.587. The lowest BCUT2D eigenvalue weighted by atomic mass is 10.0. The van der Waals surface area contributed by atoms with Crippen LogP contribution in [-0.2, 0) is 14.3 Å². The van der Waals surface area contributed by atoms with Crippen molar-refractivity contribution in [2.75, 3.05) is 13.7 Å². The Morgan fingerprint density at radius 3 is 3.08 bits per heavy atom. The molecule has 4 nitrogen and oxygen atoms in total. The second kappa shape index (κ2) is 4.07. The maximum absolute atomic E-state index is 11.4. The van der Waals surface area contributed by atoms with Crippen molar-refractivity contribution in [1.82, 2.24) is 4.90 Å². The molecule has 1 aliphatic rings. The van der Waals surface area contributed by atoms with Gasteiger partial charge in [-0.3, -0.25) is 9.59 Å². The first-order chi connectivity index (χ1) is 6.15. The molecule has 0 aromatic heterocycles. The molecule has 0 aromatic carbocycles. The van der Waals surface area contributed by atoms with Crippen LogP contribution in [0.15, 0.2) is 12.3 Å². The Morgan fingerprint density at radius 1 is 1.77 bits per heavy atom. The molecular weight excluding hydrogens is 170 g/mol. The van der Waals surface area contributed by atoms with Crippen LogP contribution in [0.25, 0.3) is 0 Å². The van der Waals surface area contributed by atoms with E-state index in [0.29, 0.717) is 0 Å². The van der Waals surface area contributed by atoms with Gasteiger partial charge in [-0.2, -0.15) is 0 Å². The van der Waals surface area contributed by atoms with Gasteiger partial charge in [-0.25, -0.2) is 0 Å². The lowest BCUT2D eigenvalue weighted by Crippen LogP contribution is -2.37. The molecule has 0 spiro atoms. The monoisotopic (exact) mass is 183 g/mol. The minimum absolute atomic E-state index is 0.0101. The molecule has 0 saturated heterocycles. The zero-order valence-corrected chi connectivity index (χ0v) is 7.82. The molecule has 0 saturated carbocycles. The topological polar surface area (TPSA) is 46.6 Å². The fourth-order valence-electron chi connectivity index (χ4n) is 1.18. The van der Waals surface area contributed by atoms with E-state index in [-0.39, 0.29) is 18.4 Å². The first kappa shape index (κ1) is 9.77. The van der Waals surface area contributed by atoms with Crippen LogP contribution < -0.4 is 0 Å². The van der Waals surface area contributed by atoms with Crippen LogP contribution in [0.1, 0.15) is 13.3 Å². The summed E-state index contributed by atoms with van der Waals surface area (Å²) in [6, 6.07) is 0. The molecule has 0 aromatic rings. The van der Waals surface area contributed by atoms with Crippen LogP contribution in [-0.4, -0.2) is 30.4 Å². The number of hydrogen-bond donors (Lipinski definition) is 0. The summed E-state index contributed by atoms with van der Waals surface area (Å²) in [6.45, 7) is 1.85. The lowest BCUT2D eigenvalue weighted by Gasteiger charge is -2.24. The van der Waals surface area contributed by atoms with Gasteiger partial charge >= 0.3 is 5.97 Å². The van der Waals surface area contributed by atoms with Crippen molar-refractivity contribution >= 4 is 11.9 Å². The fraction of sp³-hybridized carbons (Fsp3) is 0.556. The van der Waals surface area contributed by atoms with Gasteiger partial charge in [0.15, 0.2) is 0 Å². The molecular formula is C9H13NO3. The van der Waals surface area contributed by atoms with Crippen molar-refractivity contribution in [3.63, 3.8) is 0 Å². The van der Waals surface area contributed by atoms with Crippen LogP contribution >= 0.6 is 0 Å². The highest BCUT2D eigenvalue weighted by molar-refractivity contribution is 5.85. The van der Waals surface area contributed by atoms with Gasteiger partial charge in [0.1, 0.15) is 6.54 Å². The molecule has 0 bridgehead atoms. The first-order valence-corrected chi connectivity index (χ1v) is 4.19. The van der Waals surface area contributed by atoms with Crippen LogP contribution in [0.5, 0.6) is 0 Å². The molecule has 0 N–H and O–H groups in total. The van der Waals surface area contributed by atoms with E-state index in [4.69, 9.17) is 0 Å². The molecule has 0 fully saturated rings. The van der Waals surface area contributed by atoms with E-state index >= 15 is 0 Å². The van der Waals surface area contributed by atoms with Gasteiger partial charge in [-0.05, 0) is 6.42 Å². The van der Waals surface area contributed by atoms with Gasteiger partial charge in [-0.1, -0.05) is 13.0 Å². The number of ether oxygens (including phenoxy) is 1. The molecule has 1 atom stereocenters. The molecule has 1 unspecified atom stereocenters. The van der Waals surface area contributed by atoms with Gasteiger partial charge < -0.3 is 9.64 Å². The maximum atomic E-state index is 11.4. The third kappa shape index (κ3) is 2.31. The smallest absolute Gasteiger partial charge is 0.325 e. The Bertz CT molecular complexity index is 247. The molecule has 0 radical (unpaired) electrons. The third-order valence-corrected chi connectivity index (χ3v) is 2.01. The van der Waals surface area contributed by atoms with E-state index < -0.39 is 5.97 Å². The normalized spacial score (nSPS) is 21.8. The average Bonchev–Trinajstić information content (AvgIpc) is 2.13. The van der Waals surface area contributed by atoms with Crippen LogP contribution in [0.4, 0.5) is 0 Å². The van der Waals surface area contributed by atoms with Gasteiger partial charge in [-0.15, -0.1) is 0 Å². The number of amides is 1. The molecule has 1 amide bonds. The van der Waals surface area contributed by atoms with Gasteiger partial charge in [0.05, 0.1) is 7.11 Å². The van der Waals surface area contributed by atoms with Crippen molar-refractivity contribution < 1.29 is 14.3 Å². The molecule has 13 heavy (non-hydrogen) atoms. The number of carbonyl (C=O) groups is 2. The van der Waals surface area contributed by atoms with Crippen molar-refractivity contribution in [3.05, 3.63) is 12.3 Å². The first-order valence-electron chi connectivity index (χ1n) is 4.19. The van der Waals surface area contributed by atoms with E-state index in [1.165, 1.54) is 12.0 Å². The number of nitrogens with zero attached hydrogens (tertiary/aromatic N) is 1. The number of rotatable bonds is 2. The van der Waals surface area contributed by atoms with E-state index in [0.717, 1.165) is 6.42 Å². The highest BCUT2D eigenvalue weighted by Crippen LogP contribution is 2.14. The number of allylic oxidation sites excluding steroid dienone is 1. The highest BCUT2D eigenvalue weighted by atomic mass is 16.5. The zero-order valence-electron chi connectivity index (χ0n) is 7.82. The van der Waals surface area contributed by atoms with Crippen molar-refractivity contribution in [1.29, 1.82) is 0 Å². The SMILES string of the molecule is COC(=O)CN1C=CCC(C)C1=O. The molecule has 0 aliphatic carbocycles. The largest absolute Gasteiger partial charge is 0.468 e. The van der Waals surface area contributed by atoms with Gasteiger partial charge in [0.25, 0.3) is 0 Å². The predicted molar refractivity (Wildman–Crippen MR) is 46.7 cm³/mol. The molecule has 72 valence electrons. The van der Waals surface area contributed by atoms with E-state index in [2.05, 4.69) is 4.74 Å². The number of carbonyl (C=O) groups excluding carboxylic acids is 2.